The van der Waals surface area contributed by atoms with Crippen molar-refractivity contribution in [1.82, 2.24) is 15.1 Å². The van der Waals surface area contributed by atoms with Crippen molar-refractivity contribution in [2.45, 2.75) is 26.3 Å². The number of halogens is 1. The molecule has 1 fully saturated rings. The van der Waals surface area contributed by atoms with Crippen molar-refractivity contribution in [1.29, 1.82) is 0 Å². The largest absolute Gasteiger partial charge is 0.395 e. The van der Waals surface area contributed by atoms with E-state index in [-0.39, 0.29) is 37.2 Å². The van der Waals surface area contributed by atoms with Crippen LogP contribution in [0.3, 0.4) is 0 Å². The van der Waals surface area contributed by atoms with Gasteiger partial charge in [0.1, 0.15) is 0 Å². The van der Waals surface area contributed by atoms with E-state index in [1.54, 1.807) is 9.80 Å². The maximum absolute atomic E-state index is 12.3. The Morgan fingerprint density at radius 1 is 1.50 bits per heavy atom. The molecule has 22 heavy (non-hydrogen) atoms. The second-order valence-corrected chi connectivity index (χ2v) is 4.93. The Morgan fingerprint density at radius 2 is 2.23 bits per heavy atom. The van der Waals surface area contributed by atoms with Crippen LogP contribution in [0.1, 0.15) is 20.3 Å². The van der Waals surface area contributed by atoms with Gasteiger partial charge in [0.25, 0.3) is 0 Å². The van der Waals surface area contributed by atoms with Crippen LogP contribution in [0, 0.1) is 0 Å². The van der Waals surface area contributed by atoms with E-state index in [0.717, 1.165) is 0 Å². The van der Waals surface area contributed by atoms with Gasteiger partial charge in [-0.25, -0.2) is 0 Å². The lowest BCUT2D eigenvalue weighted by Gasteiger charge is -2.33. The van der Waals surface area contributed by atoms with Gasteiger partial charge in [-0.3, -0.25) is 9.59 Å². The standard InChI is InChI=1S/C14H27N3O4.ClH/c1-3-16(7-9-18)13(19)11-12-14(20)17(6-5-15-12)8-10-21-4-2;/h12,15,18H,3-11H2,1-2H3;1H. The van der Waals surface area contributed by atoms with E-state index in [1.165, 1.54) is 0 Å². The summed E-state index contributed by atoms with van der Waals surface area (Å²) in [6.07, 6.45) is 0.137. The van der Waals surface area contributed by atoms with Crippen LogP contribution in [0.5, 0.6) is 0 Å². The number of amides is 2. The fraction of sp³-hybridized carbons (Fsp3) is 0.857. The molecule has 0 saturated carbocycles. The highest BCUT2D eigenvalue weighted by Gasteiger charge is 2.30. The lowest BCUT2D eigenvalue weighted by molar-refractivity contribution is -0.141. The molecule has 1 aliphatic rings. The lowest BCUT2D eigenvalue weighted by atomic mass is 10.1. The third kappa shape index (κ3) is 6.48. The lowest BCUT2D eigenvalue weighted by Crippen LogP contribution is -2.57. The normalized spacial score (nSPS) is 18.0. The Balaban J connectivity index is 0.00000441. The molecule has 1 saturated heterocycles. The number of rotatable bonds is 9. The zero-order valence-electron chi connectivity index (χ0n) is 13.4. The van der Waals surface area contributed by atoms with Gasteiger partial charge in [0.15, 0.2) is 0 Å². The molecule has 1 rings (SSSR count). The van der Waals surface area contributed by atoms with Crippen LogP contribution in [-0.2, 0) is 14.3 Å². The molecule has 0 spiro atoms. The number of piperazine rings is 1. The van der Waals surface area contributed by atoms with Crippen molar-refractivity contribution in [2.75, 3.05) is 52.5 Å². The topological polar surface area (TPSA) is 82.1 Å². The minimum absolute atomic E-state index is 0. The number of ether oxygens (including phenoxy) is 1. The first kappa shape index (κ1) is 21.1. The third-order valence-electron chi connectivity index (χ3n) is 3.57. The first-order valence-corrected chi connectivity index (χ1v) is 7.62. The van der Waals surface area contributed by atoms with Crippen LogP contribution in [0.15, 0.2) is 0 Å². The molecule has 2 N–H and O–H groups in total. The van der Waals surface area contributed by atoms with Gasteiger partial charge in [0.2, 0.25) is 11.8 Å². The number of hydrogen-bond donors (Lipinski definition) is 2. The first-order chi connectivity index (χ1) is 10.1. The molecule has 0 aromatic rings. The monoisotopic (exact) mass is 337 g/mol. The van der Waals surface area contributed by atoms with Crippen LogP contribution >= 0.6 is 12.4 Å². The average Bonchev–Trinajstić information content (AvgIpc) is 2.48. The van der Waals surface area contributed by atoms with Crippen LogP contribution in [0.25, 0.3) is 0 Å². The molecule has 2 amide bonds. The minimum Gasteiger partial charge on any atom is -0.395 e. The molecule has 130 valence electrons. The average molecular weight is 338 g/mol. The summed E-state index contributed by atoms with van der Waals surface area (Å²) in [5, 5.41) is 12.0. The molecule has 0 radical (unpaired) electrons. The fourth-order valence-electron chi connectivity index (χ4n) is 2.38. The zero-order chi connectivity index (χ0) is 15.7. The molecule has 0 aromatic carbocycles. The number of nitrogens with zero attached hydrogens (tertiary/aromatic N) is 2. The SMILES string of the molecule is CCOCCN1CCNC(CC(=O)N(CC)CCO)C1=O.Cl. The number of carbonyl (C=O) groups is 2. The highest BCUT2D eigenvalue weighted by atomic mass is 35.5. The van der Waals surface area contributed by atoms with Crippen molar-refractivity contribution in [2.24, 2.45) is 0 Å². The second-order valence-electron chi connectivity index (χ2n) is 4.93. The molecule has 0 aromatic heterocycles. The predicted molar refractivity (Wildman–Crippen MR) is 86.1 cm³/mol. The summed E-state index contributed by atoms with van der Waals surface area (Å²) in [6, 6.07) is -0.472. The molecular weight excluding hydrogens is 310 g/mol. The maximum Gasteiger partial charge on any atom is 0.240 e. The Hall–Kier alpha value is -0.890. The van der Waals surface area contributed by atoms with Crippen LogP contribution < -0.4 is 5.32 Å². The number of nitrogens with one attached hydrogen (secondary N) is 1. The number of aliphatic hydroxyl groups excluding tert-OH is 1. The second kappa shape index (κ2) is 11.6. The Kier molecular flexibility index (Phi) is 11.2. The zero-order valence-corrected chi connectivity index (χ0v) is 14.2. The minimum atomic E-state index is -0.472. The molecule has 1 unspecified atom stereocenters. The smallest absolute Gasteiger partial charge is 0.240 e. The van der Waals surface area contributed by atoms with E-state index >= 15 is 0 Å². The van der Waals surface area contributed by atoms with Gasteiger partial charge < -0.3 is 25.0 Å². The van der Waals surface area contributed by atoms with Gasteiger partial charge in [0.05, 0.1) is 25.7 Å². The van der Waals surface area contributed by atoms with Crippen LogP contribution in [0.2, 0.25) is 0 Å². The van der Waals surface area contributed by atoms with E-state index in [2.05, 4.69) is 5.32 Å². The van der Waals surface area contributed by atoms with Gasteiger partial charge in [-0.1, -0.05) is 0 Å². The van der Waals surface area contributed by atoms with E-state index < -0.39 is 6.04 Å². The van der Waals surface area contributed by atoms with Crippen molar-refractivity contribution in [3.8, 4) is 0 Å². The summed E-state index contributed by atoms with van der Waals surface area (Å²) < 4.78 is 5.27. The van der Waals surface area contributed by atoms with Gasteiger partial charge in [-0.05, 0) is 13.8 Å². The summed E-state index contributed by atoms with van der Waals surface area (Å²) in [5.74, 6) is -0.154. The van der Waals surface area contributed by atoms with Gasteiger partial charge in [-0.2, -0.15) is 0 Å². The van der Waals surface area contributed by atoms with Crippen molar-refractivity contribution in [3.63, 3.8) is 0 Å². The molecule has 7 nitrogen and oxygen atoms in total. The van der Waals surface area contributed by atoms with E-state index in [9.17, 15) is 9.59 Å². The summed E-state index contributed by atoms with van der Waals surface area (Å²) >= 11 is 0. The van der Waals surface area contributed by atoms with Crippen LogP contribution in [0.4, 0.5) is 0 Å². The van der Waals surface area contributed by atoms with Gasteiger partial charge in [-0.15, -0.1) is 12.4 Å². The molecule has 1 heterocycles. The molecule has 8 heteroatoms. The Labute approximate surface area is 138 Å². The summed E-state index contributed by atoms with van der Waals surface area (Å²) in [6.45, 7) is 7.60. The molecule has 0 aliphatic carbocycles. The third-order valence-corrected chi connectivity index (χ3v) is 3.57. The fourth-order valence-corrected chi connectivity index (χ4v) is 2.38. The van der Waals surface area contributed by atoms with Crippen molar-refractivity contribution < 1.29 is 19.4 Å². The number of aliphatic hydroxyl groups is 1. The first-order valence-electron chi connectivity index (χ1n) is 7.62. The molecule has 1 aliphatic heterocycles. The summed E-state index contributed by atoms with van der Waals surface area (Å²) in [5.41, 5.74) is 0. The van der Waals surface area contributed by atoms with Gasteiger partial charge >= 0.3 is 0 Å². The molecule has 0 bridgehead atoms. The van der Waals surface area contributed by atoms with E-state index in [1.807, 2.05) is 13.8 Å². The number of carbonyl (C=O) groups excluding carboxylic acids is 2. The summed E-state index contributed by atoms with van der Waals surface area (Å²) in [7, 11) is 0. The number of likely N-dealkylation sites (N-methyl/N-ethyl adjacent to an activating group) is 1. The molecular formula is C14H28ClN3O4. The van der Waals surface area contributed by atoms with Crippen molar-refractivity contribution in [3.05, 3.63) is 0 Å². The molecule has 1 atom stereocenters. The highest BCUT2D eigenvalue weighted by molar-refractivity contribution is 5.89. The maximum atomic E-state index is 12.3. The number of hydrogen-bond acceptors (Lipinski definition) is 5. The van der Waals surface area contributed by atoms with E-state index in [0.29, 0.717) is 45.9 Å². The highest BCUT2D eigenvalue weighted by Crippen LogP contribution is 2.07. The Morgan fingerprint density at radius 3 is 2.82 bits per heavy atom. The van der Waals surface area contributed by atoms with Gasteiger partial charge in [0, 0.05) is 39.3 Å². The predicted octanol–water partition coefficient (Wildman–Crippen LogP) is -0.524. The Bertz CT molecular complexity index is 344. The van der Waals surface area contributed by atoms with E-state index in [4.69, 9.17) is 9.84 Å². The van der Waals surface area contributed by atoms with Crippen LogP contribution in [-0.4, -0.2) is 85.3 Å². The summed E-state index contributed by atoms with van der Waals surface area (Å²) in [4.78, 5) is 27.7. The quantitative estimate of drug-likeness (QED) is 0.553. The van der Waals surface area contributed by atoms with Crippen molar-refractivity contribution >= 4 is 24.2 Å².